The molecule has 0 radical (unpaired) electrons. The van der Waals surface area contributed by atoms with E-state index in [4.69, 9.17) is 4.74 Å². The molecule has 1 heterocycles. The van der Waals surface area contributed by atoms with Crippen molar-refractivity contribution in [1.29, 1.82) is 0 Å². The third kappa shape index (κ3) is 4.69. The van der Waals surface area contributed by atoms with Gasteiger partial charge in [0.2, 0.25) is 0 Å². The largest absolute Gasteiger partial charge is 0.495 e. The number of nitrogens with zero attached hydrogens (tertiary/aromatic N) is 2. The molecule has 2 N–H and O–H groups in total. The van der Waals surface area contributed by atoms with E-state index in [1.165, 1.54) is 12.0 Å². The van der Waals surface area contributed by atoms with E-state index in [2.05, 4.69) is 15.6 Å². The lowest BCUT2D eigenvalue weighted by Crippen LogP contribution is -2.31. The Kier molecular flexibility index (Phi) is 5.94. The summed E-state index contributed by atoms with van der Waals surface area (Å²) in [5, 5.41) is 5.57. The SMILES string of the molecule is COc1ccc(C(=O)N(C)C)cc1NC(=O)N[C@H](C)c1ccncc1. The lowest BCUT2D eigenvalue weighted by atomic mass is 10.1. The van der Waals surface area contributed by atoms with Crippen LogP contribution in [0.4, 0.5) is 10.5 Å². The zero-order valence-electron chi connectivity index (χ0n) is 14.7. The van der Waals surface area contributed by atoms with Crippen molar-refractivity contribution in [1.82, 2.24) is 15.2 Å². The molecule has 0 aliphatic heterocycles. The van der Waals surface area contributed by atoms with Crippen LogP contribution in [0.5, 0.6) is 5.75 Å². The minimum absolute atomic E-state index is 0.156. The number of rotatable bonds is 5. The Bertz CT molecular complexity index is 747. The molecule has 0 saturated carbocycles. The van der Waals surface area contributed by atoms with Crippen LogP contribution < -0.4 is 15.4 Å². The maximum atomic E-state index is 12.3. The molecular weight excluding hydrogens is 320 g/mol. The first-order chi connectivity index (χ1) is 11.9. The number of urea groups is 1. The van der Waals surface area contributed by atoms with E-state index < -0.39 is 6.03 Å². The molecular formula is C18H22N4O3. The second-order valence-corrected chi connectivity index (χ2v) is 5.72. The van der Waals surface area contributed by atoms with Crippen molar-refractivity contribution in [2.24, 2.45) is 0 Å². The molecule has 1 atom stereocenters. The Hall–Kier alpha value is -3.09. The Morgan fingerprint density at radius 2 is 1.84 bits per heavy atom. The monoisotopic (exact) mass is 342 g/mol. The molecule has 7 nitrogen and oxygen atoms in total. The highest BCUT2D eigenvalue weighted by Crippen LogP contribution is 2.26. The highest BCUT2D eigenvalue weighted by molar-refractivity contribution is 5.97. The fourth-order valence-corrected chi connectivity index (χ4v) is 2.29. The molecule has 3 amide bonds. The number of anilines is 1. The first-order valence-electron chi connectivity index (χ1n) is 7.79. The number of hydrogen-bond donors (Lipinski definition) is 2. The number of carbonyl (C=O) groups is 2. The van der Waals surface area contributed by atoms with Crippen LogP contribution in [0, 0.1) is 0 Å². The minimum Gasteiger partial charge on any atom is -0.495 e. The van der Waals surface area contributed by atoms with Crippen LogP contribution in [0.3, 0.4) is 0 Å². The highest BCUT2D eigenvalue weighted by Gasteiger charge is 2.15. The number of benzene rings is 1. The van der Waals surface area contributed by atoms with Crippen LogP contribution in [-0.4, -0.2) is 43.0 Å². The van der Waals surface area contributed by atoms with Gasteiger partial charge in [0, 0.05) is 32.1 Å². The van der Waals surface area contributed by atoms with Crippen LogP contribution in [0.2, 0.25) is 0 Å². The van der Waals surface area contributed by atoms with Crippen LogP contribution >= 0.6 is 0 Å². The maximum absolute atomic E-state index is 12.3. The molecule has 0 fully saturated rings. The Balaban J connectivity index is 2.13. The number of amides is 3. The summed E-state index contributed by atoms with van der Waals surface area (Å²) in [7, 11) is 4.84. The lowest BCUT2D eigenvalue weighted by molar-refractivity contribution is 0.0827. The smallest absolute Gasteiger partial charge is 0.319 e. The van der Waals surface area contributed by atoms with Gasteiger partial charge in [-0.15, -0.1) is 0 Å². The predicted molar refractivity (Wildman–Crippen MR) is 95.8 cm³/mol. The molecule has 2 rings (SSSR count). The summed E-state index contributed by atoms with van der Waals surface area (Å²) in [6.07, 6.45) is 3.34. The Morgan fingerprint density at radius 1 is 1.16 bits per heavy atom. The topological polar surface area (TPSA) is 83.6 Å². The third-order valence-corrected chi connectivity index (χ3v) is 3.65. The summed E-state index contributed by atoms with van der Waals surface area (Å²) in [5.41, 5.74) is 1.83. The summed E-state index contributed by atoms with van der Waals surface area (Å²) in [5.74, 6) is 0.318. The molecule has 1 aromatic heterocycles. The van der Waals surface area contributed by atoms with Crippen LogP contribution in [0.25, 0.3) is 0 Å². The first kappa shape index (κ1) is 18.3. The van der Waals surface area contributed by atoms with Crippen molar-refractivity contribution in [3.05, 3.63) is 53.9 Å². The van der Waals surface area contributed by atoms with Crippen LogP contribution in [-0.2, 0) is 0 Å². The van der Waals surface area contributed by atoms with Gasteiger partial charge in [-0.2, -0.15) is 0 Å². The van der Waals surface area contributed by atoms with Gasteiger partial charge in [-0.1, -0.05) is 0 Å². The number of nitrogens with one attached hydrogen (secondary N) is 2. The van der Waals surface area contributed by atoms with Crippen molar-refractivity contribution in [2.75, 3.05) is 26.5 Å². The van der Waals surface area contributed by atoms with E-state index in [0.717, 1.165) is 5.56 Å². The third-order valence-electron chi connectivity index (χ3n) is 3.65. The zero-order valence-corrected chi connectivity index (χ0v) is 14.7. The van der Waals surface area contributed by atoms with Crippen molar-refractivity contribution in [3.63, 3.8) is 0 Å². The quantitative estimate of drug-likeness (QED) is 0.875. The fraction of sp³-hybridized carbons (Fsp3) is 0.278. The van der Waals surface area contributed by atoms with Gasteiger partial charge < -0.3 is 20.3 Å². The van der Waals surface area contributed by atoms with Gasteiger partial charge in [0.1, 0.15) is 5.75 Å². The first-order valence-corrected chi connectivity index (χ1v) is 7.79. The summed E-state index contributed by atoms with van der Waals surface area (Å²) in [4.78, 5) is 29.8. The highest BCUT2D eigenvalue weighted by atomic mass is 16.5. The van der Waals surface area contributed by atoms with Gasteiger partial charge in [-0.05, 0) is 42.8 Å². The number of hydrogen-bond acceptors (Lipinski definition) is 4. The van der Waals surface area contributed by atoms with Crippen molar-refractivity contribution in [3.8, 4) is 5.75 Å². The summed E-state index contributed by atoms with van der Waals surface area (Å²) >= 11 is 0. The second kappa shape index (κ2) is 8.14. The molecule has 0 aliphatic rings. The van der Waals surface area contributed by atoms with Gasteiger partial charge in [0.05, 0.1) is 18.8 Å². The molecule has 0 aliphatic carbocycles. The fourth-order valence-electron chi connectivity index (χ4n) is 2.29. The normalized spacial score (nSPS) is 11.4. The van der Waals surface area contributed by atoms with Crippen LogP contribution in [0.15, 0.2) is 42.7 Å². The molecule has 7 heteroatoms. The van der Waals surface area contributed by atoms with Crippen LogP contribution in [0.1, 0.15) is 28.9 Å². The van der Waals surface area contributed by atoms with Crippen molar-refractivity contribution >= 4 is 17.6 Å². The maximum Gasteiger partial charge on any atom is 0.319 e. The van der Waals surface area contributed by atoms with Crippen molar-refractivity contribution in [2.45, 2.75) is 13.0 Å². The summed E-state index contributed by atoms with van der Waals surface area (Å²) in [6, 6.07) is 7.99. The molecule has 1 aromatic carbocycles. The van der Waals surface area contributed by atoms with E-state index in [0.29, 0.717) is 17.0 Å². The average Bonchev–Trinajstić information content (AvgIpc) is 2.61. The molecule has 0 unspecified atom stereocenters. The summed E-state index contributed by atoms with van der Waals surface area (Å²) in [6.45, 7) is 1.87. The van der Waals surface area contributed by atoms with Gasteiger partial charge in [0.25, 0.3) is 5.91 Å². The Labute approximate surface area is 147 Å². The predicted octanol–water partition coefficient (Wildman–Crippen LogP) is 2.67. The zero-order chi connectivity index (χ0) is 18.4. The van der Waals surface area contributed by atoms with Gasteiger partial charge >= 0.3 is 6.03 Å². The molecule has 0 bridgehead atoms. The number of pyridine rings is 1. The van der Waals surface area contributed by atoms with E-state index >= 15 is 0 Å². The summed E-state index contributed by atoms with van der Waals surface area (Å²) < 4.78 is 5.26. The molecule has 132 valence electrons. The molecule has 25 heavy (non-hydrogen) atoms. The molecule has 0 saturated heterocycles. The van der Waals surface area contributed by atoms with E-state index in [-0.39, 0.29) is 11.9 Å². The lowest BCUT2D eigenvalue weighted by Gasteiger charge is -2.17. The number of aromatic nitrogens is 1. The van der Waals surface area contributed by atoms with Gasteiger partial charge in [0.15, 0.2) is 0 Å². The number of carbonyl (C=O) groups excluding carboxylic acids is 2. The van der Waals surface area contributed by atoms with Crippen molar-refractivity contribution < 1.29 is 14.3 Å². The van der Waals surface area contributed by atoms with E-state index in [9.17, 15) is 9.59 Å². The second-order valence-electron chi connectivity index (χ2n) is 5.72. The van der Waals surface area contributed by atoms with E-state index in [1.54, 1.807) is 44.7 Å². The standard InChI is InChI=1S/C18H22N4O3/c1-12(13-7-9-19-10-8-13)20-18(24)21-15-11-14(17(23)22(2)3)5-6-16(15)25-4/h5-12H,1-4H3,(H2,20,21,24)/t12-/m1/s1. The van der Waals surface area contributed by atoms with E-state index in [1.807, 2.05) is 19.1 Å². The molecule has 2 aromatic rings. The average molecular weight is 342 g/mol. The number of methoxy groups -OCH3 is 1. The van der Waals surface area contributed by atoms with Gasteiger partial charge in [-0.25, -0.2) is 4.79 Å². The van der Waals surface area contributed by atoms with Gasteiger partial charge in [-0.3, -0.25) is 9.78 Å². The molecule has 0 spiro atoms. The number of ether oxygens (including phenoxy) is 1. The Morgan fingerprint density at radius 3 is 2.44 bits per heavy atom. The minimum atomic E-state index is -0.392.